The van der Waals surface area contributed by atoms with Gasteiger partial charge >= 0.3 is 0 Å². The molecule has 0 saturated heterocycles. The molecule has 0 N–H and O–H groups in total. The maximum absolute atomic E-state index is 2.39. The van der Waals surface area contributed by atoms with Gasteiger partial charge in [0.05, 0.1) is 0 Å². The van der Waals surface area contributed by atoms with Gasteiger partial charge in [-0.1, -0.05) is 59.6 Å². The highest BCUT2D eigenvalue weighted by Crippen LogP contribution is 2.45. The van der Waals surface area contributed by atoms with Crippen LogP contribution in [0.2, 0.25) is 0 Å². The zero-order valence-corrected chi connectivity index (χ0v) is 11.7. The van der Waals surface area contributed by atoms with Crippen LogP contribution in [0.4, 0.5) is 0 Å². The molecule has 0 saturated carbocycles. The number of rotatable bonds is 0. The molecule has 1 aliphatic rings. The van der Waals surface area contributed by atoms with Crippen LogP contribution < -0.4 is 0 Å². The molecule has 0 amide bonds. The topological polar surface area (TPSA) is 0 Å². The fourth-order valence-corrected chi connectivity index (χ4v) is 2.70. The average molecular weight is 208 g/mol. The summed E-state index contributed by atoms with van der Waals surface area (Å²) in [5.41, 5.74) is 4.18. The molecule has 0 radical (unpaired) electrons. The van der Waals surface area contributed by atoms with Crippen molar-refractivity contribution < 1.29 is 0 Å². The largest absolute Gasteiger partial charge is 0.0651 e. The van der Waals surface area contributed by atoms with Gasteiger partial charge in [0.25, 0.3) is 0 Å². The smallest absolute Gasteiger partial charge is 0.0170 e. The van der Waals surface area contributed by atoms with Crippen molar-refractivity contribution in [3.63, 3.8) is 0 Å². The average Bonchev–Trinajstić information content (AvgIpc) is 2.00. The molecule has 15 heavy (non-hydrogen) atoms. The van der Waals surface area contributed by atoms with Crippen LogP contribution in [-0.2, 0) is 0 Å². The van der Waals surface area contributed by atoms with E-state index in [4.69, 9.17) is 0 Å². The van der Waals surface area contributed by atoms with Gasteiger partial charge in [-0.15, -0.1) is 0 Å². The van der Waals surface area contributed by atoms with E-state index in [2.05, 4.69) is 48.5 Å². The van der Waals surface area contributed by atoms with E-state index in [9.17, 15) is 0 Å². The summed E-state index contributed by atoms with van der Waals surface area (Å²) in [4.78, 5) is 0. The molecule has 1 rings (SSSR count). The molecule has 0 spiro atoms. The van der Waals surface area contributed by atoms with Crippen molar-refractivity contribution in [3.8, 4) is 0 Å². The molecule has 0 aromatic rings. The molecule has 0 aromatic heterocycles. The normalized spacial score (nSPS) is 24.6. The Bertz CT molecular complexity index is 255. The Balaban J connectivity index is 3.14. The number of hydrogen-bond acceptors (Lipinski definition) is 0. The molecular weight excluding hydrogens is 180 g/mol. The minimum absolute atomic E-state index is 0.358. The molecule has 0 fully saturated rings. The minimum atomic E-state index is 0.358. The predicted octanol–water partition coefficient (Wildman–Crippen LogP) is 5.20. The highest BCUT2D eigenvalue weighted by Gasteiger charge is 2.31. The highest BCUT2D eigenvalue weighted by molar-refractivity contribution is 5.27. The quantitative estimate of drug-likeness (QED) is 0.480. The molecular formula is C15H28. The fourth-order valence-electron chi connectivity index (χ4n) is 2.70. The summed E-state index contributed by atoms with van der Waals surface area (Å²) < 4.78 is 0. The van der Waals surface area contributed by atoms with E-state index in [0.29, 0.717) is 10.8 Å². The van der Waals surface area contributed by atoms with Crippen LogP contribution in [0, 0.1) is 16.7 Å². The standard InChI is InChI=1S/C15H28/c1-11-8-9-12(14(2,3)4)13(10-11)15(5,6)7/h11H,8-10H2,1-7H3. The van der Waals surface area contributed by atoms with Crippen molar-refractivity contribution in [2.75, 3.05) is 0 Å². The van der Waals surface area contributed by atoms with Crippen molar-refractivity contribution in [1.82, 2.24) is 0 Å². The summed E-state index contributed by atoms with van der Waals surface area (Å²) in [5, 5.41) is 0. The van der Waals surface area contributed by atoms with Crippen LogP contribution in [0.3, 0.4) is 0 Å². The van der Waals surface area contributed by atoms with E-state index < -0.39 is 0 Å². The van der Waals surface area contributed by atoms with E-state index in [0.717, 1.165) is 5.92 Å². The Morgan fingerprint density at radius 2 is 1.33 bits per heavy atom. The van der Waals surface area contributed by atoms with Crippen LogP contribution in [0.5, 0.6) is 0 Å². The zero-order chi connectivity index (χ0) is 11.9. The van der Waals surface area contributed by atoms with E-state index in [1.165, 1.54) is 19.3 Å². The molecule has 0 heteroatoms. The van der Waals surface area contributed by atoms with Gasteiger partial charge in [0.15, 0.2) is 0 Å². The monoisotopic (exact) mass is 208 g/mol. The molecule has 88 valence electrons. The van der Waals surface area contributed by atoms with Gasteiger partial charge in [-0.2, -0.15) is 0 Å². The number of allylic oxidation sites excluding steroid dienone is 2. The first-order valence-corrected chi connectivity index (χ1v) is 6.35. The van der Waals surface area contributed by atoms with Crippen molar-refractivity contribution in [2.24, 2.45) is 16.7 Å². The van der Waals surface area contributed by atoms with Crippen LogP contribution in [-0.4, -0.2) is 0 Å². The highest BCUT2D eigenvalue weighted by atomic mass is 14.4. The van der Waals surface area contributed by atoms with Crippen LogP contribution in [0.15, 0.2) is 11.1 Å². The van der Waals surface area contributed by atoms with E-state index in [-0.39, 0.29) is 0 Å². The lowest BCUT2D eigenvalue weighted by molar-refractivity contribution is 0.350. The van der Waals surface area contributed by atoms with Crippen LogP contribution >= 0.6 is 0 Å². The van der Waals surface area contributed by atoms with Gasteiger partial charge in [0, 0.05) is 0 Å². The Hall–Kier alpha value is -0.260. The van der Waals surface area contributed by atoms with Gasteiger partial charge < -0.3 is 0 Å². The fraction of sp³-hybridized carbons (Fsp3) is 0.867. The summed E-state index contributed by atoms with van der Waals surface area (Å²) in [6.07, 6.45) is 4.01. The summed E-state index contributed by atoms with van der Waals surface area (Å²) in [7, 11) is 0. The van der Waals surface area contributed by atoms with Crippen molar-refractivity contribution >= 4 is 0 Å². The van der Waals surface area contributed by atoms with Crippen molar-refractivity contribution in [2.45, 2.75) is 67.7 Å². The molecule has 0 bridgehead atoms. The van der Waals surface area contributed by atoms with Gasteiger partial charge in [-0.3, -0.25) is 0 Å². The first-order valence-electron chi connectivity index (χ1n) is 6.35. The predicted molar refractivity (Wildman–Crippen MR) is 69.0 cm³/mol. The SMILES string of the molecule is CC1CCC(C(C)(C)C)=C(C(C)(C)C)C1. The summed E-state index contributed by atoms with van der Waals surface area (Å²) in [5.74, 6) is 0.880. The van der Waals surface area contributed by atoms with Crippen molar-refractivity contribution in [1.29, 1.82) is 0 Å². The lowest BCUT2D eigenvalue weighted by Crippen LogP contribution is -2.24. The molecule has 1 aliphatic carbocycles. The Kier molecular flexibility index (Phi) is 3.38. The second kappa shape index (κ2) is 3.96. The van der Waals surface area contributed by atoms with E-state index in [1.54, 1.807) is 11.1 Å². The molecule has 0 nitrogen and oxygen atoms in total. The van der Waals surface area contributed by atoms with Gasteiger partial charge in [0.2, 0.25) is 0 Å². The third-order valence-electron chi connectivity index (χ3n) is 3.61. The first kappa shape index (κ1) is 12.8. The van der Waals surface area contributed by atoms with E-state index in [1.807, 2.05) is 0 Å². The van der Waals surface area contributed by atoms with Crippen molar-refractivity contribution in [3.05, 3.63) is 11.1 Å². The summed E-state index contributed by atoms with van der Waals surface area (Å²) >= 11 is 0. The molecule has 1 unspecified atom stereocenters. The third-order valence-corrected chi connectivity index (χ3v) is 3.61. The Labute approximate surface area is 96.2 Å². The molecule has 0 aliphatic heterocycles. The summed E-state index contributed by atoms with van der Waals surface area (Å²) in [6, 6.07) is 0. The number of hydrogen-bond donors (Lipinski definition) is 0. The maximum atomic E-state index is 2.39. The zero-order valence-electron chi connectivity index (χ0n) is 11.7. The van der Waals surface area contributed by atoms with Crippen LogP contribution in [0.1, 0.15) is 67.7 Å². The second-order valence-electron chi connectivity index (χ2n) is 7.31. The third kappa shape index (κ3) is 3.09. The lowest BCUT2D eigenvalue weighted by atomic mass is 9.67. The minimum Gasteiger partial charge on any atom is -0.0651 e. The second-order valence-corrected chi connectivity index (χ2v) is 7.31. The van der Waals surface area contributed by atoms with Gasteiger partial charge in [0.1, 0.15) is 0 Å². The molecule has 1 atom stereocenters. The molecule has 0 heterocycles. The maximum Gasteiger partial charge on any atom is -0.0170 e. The van der Waals surface area contributed by atoms with E-state index >= 15 is 0 Å². The van der Waals surface area contributed by atoms with Gasteiger partial charge in [-0.25, -0.2) is 0 Å². The van der Waals surface area contributed by atoms with Gasteiger partial charge in [-0.05, 0) is 36.0 Å². The first-order chi connectivity index (χ1) is 6.62. The molecule has 0 aromatic carbocycles. The Morgan fingerprint density at radius 1 is 0.867 bits per heavy atom. The van der Waals surface area contributed by atoms with Crippen LogP contribution in [0.25, 0.3) is 0 Å². The lowest BCUT2D eigenvalue weighted by Gasteiger charge is -2.38. The Morgan fingerprint density at radius 3 is 1.73 bits per heavy atom. The summed E-state index contributed by atoms with van der Waals surface area (Å²) in [6.45, 7) is 16.6.